The van der Waals surface area contributed by atoms with Gasteiger partial charge in [-0.15, -0.1) is 0 Å². The molecule has 5 heteroatoms. The van der Waals surface area contributed by atoms with Crippen LogP contribution in [-0.2, 0) is 0 Å². The Labute approximate surface area is 107 Å². The predicted octanol–water partition coefficient (Wildman–Crippen LogP) is 1.88. The number of carbonyl (C=O) groups is 1. The van der Waals surface area contributed by atoms with Gasteiger partial charge in [0, 0.05) is 24.3 Å². The molecule has 0 aliphatic heterocycles. The first-order valence-electron chi connectivity index (χ1n) is 5.36. The van der Waals surface area contributed by atoms with Crippen LogP contribution >= 0.6 is 12.2 Å². The van der Waals surface area contributed by atoms with E-state index in [4.69, 9.17) is 18.0 Å². The third-order valence-corrected chi connectivity index (χ3v) is 2.47. The van der Waals surface area contributed by atoms with E-state index in [1.807, 2.05) is 32.0 Å². The zero-order valence-electron chi connectivity index (χ0n) is 10.2. The highest BCUT2D eigenvalue weighted by molar-refractivity contribution is 7.80. The molecule has 1 aromatic carbocycles. The van der Waals surface area contributed by atoms with Crippen molar-refractivity contribution in [3.05, 3.63) is 29.8 Å². The highest BCUT2D eigenvalue weighted by Crippen LogP contribution is 2.15. The monoisotopic (exact) mass is 251 g/mol. The van der Waals surface area contributed by atoms with Gasteiger partial charge in [-0.25, -0.2) is 4.79 Å². The molecule has 1 aromatic rings. The fourth-order valence-corrected chi connectivity index (χ4v) is 1.46. The Morgan fingerprint density at radius 1 is 1.47 bits per heavy atom. The largest absolute Gasteiger partial charge is 0.389 e. The topological polar surface area (TPSA) is 58.4 Å². The van der Waals surface area contributed by atoms with Gasteiger partial charge >= 0.3 is 6.03 Å². The molecule has 0 fully saturated rings. The Balaban J connectivity index is 2.88. The van der Waals surface area contributed by atoms with Gasteiger partial charge in [0.1, 0.15) is 4.99 Å². The van der Waals surface area contributed by atoms with Crippen LogP contribution < -0.4 is 16.0 Å². The SMILES string of the molecule is CC(C)NC(=O)N(C)c1cccc(C(N)=S)c1. The van der Waals surface area contributed by atoms with E-state index in [-0.39, 0.29) is 12.1 Å². The number of hydrogen-bond donors (Lipinski definition) is 2. The van der Waals surface area contributed by atoms with Crippen molar-refractivity contribution in [3.63, 3.8) is 0 Å². The van der Waals surface area contributed by atoms with E-state index in [9.17, 15) is 4.79 Å². The lowest BCUT2D eigenvalue weighted by atomic mass is 10.2. The smallest absolute Gasteiger partial charge is 0.321 e. The number of nitrogens with one attached hydrogen (secondary N) is 1. The lowest BCUT2D eigenvalue weighted by molar-refractivity contribution is 0.245. The molecule has 4 nitrogen and oxygen atoms in total. The Hall–Kier alpha value is -1.62. The van der Waals surface area contributed by atoms with Gasteiger partial charge in [-0.2, -0.15) is 0 Å². The van der Waals surface area contributed by atoms with Crippen molar-refractivity contribution in [1.29, 1.82) is 0 Å². The first kappa shape index (κ1) is 13.4. The zero-order valence-corrected chi connectivity index (χ0v) is 11.0. The molecule has 1 rings (SSSR count). The highest BCUT2D eigenvalue weighted by atomic mass is 32.1. The van der Waals surface area contributed by atoms with E-state index in [0.29, 0.717) is 4.99 Å². The number of carbonyl (C=O) groups excluding carboxylic acids is 1. The molecule has 92 valence electrons. The first-order chi connectivity index (χ1) is 7.91. The maximum absolute atomic E-state index is 11.8. The van der Waals surface area contributed by atoms with Crippen molar-refractivity contribution >= 4 is 28.9 Å². The Kier molecular flexibility index (Phi) is 4.45. The van der Waals surface area contributed by atoms with Crippen LogP contribution in [0.3, 0.4) is 0 Å². The minimum atomic E-state index is -0.153. The first-order valence-corrected chi connectivity index (χ1v) is 5.76. The van der Waals surface area contributed by atoms with Crippen molar-refractivity contribution < 1.29 is 4.79 Å². The third kappa shape index (κ3) is 3.71. The zero-order chi connectivity index (χ0) is 13.0. The average molecular weight is 251 g/mol. The van der Waals surface area contributed by atoms with Gasteiger partial charge in [-0.05, 0) is 26.0 Å². The fourth-order valence-electron chi connectivity index (χ4n) is 1.33. The molecule has 0 bridgehead atoms. The van der Waals surface area contributed by atoms with E-state index in [2.05, 4.69) is 5.32 Å². The van der Waals surface area contributed by atoms with E-state index in [0.717, 1.165) is 11.3 Å². The summed E-state index contributed by atoms with van der Waals surface area (Å²) in [5.74, 6) is 0. The number of nitrogens with two attached hydrogens (primary N) is 1. The summed E-state index contributed by atoms with van der Waals surface area (Å²) >= 11 is 4.90. The third-order valence-electron chi connectivity index (χ3n) is 2.23. The van der Waals surface area contributed by atoms with Crippen LogP contribution in [-0.4, -0.2) is 24.1 Å². The molecule has 3 N–H and O–H groups in total. The van der Waals surface area contributed by atoms with Crippen molar-refractivity contribution in [2.45, 2.75) is 19.9 Å². The summed E-state index contributed by atoms with van der Waals surface area (Å²) in [6, 6.07) is 7.22. The average Bonchev–Trinajstić information content (AvgIpc) is 2.27. The molecule has 0 unspecified atom stereocenters. The summed E-state index contributed by atoms with van der Waals surface area (Å²) < 4.78 is 0. The van der Waals surface area contributed by atoms with Gasteiger partial charge in [-0.1, -0.05) is 24.4 Å². The summed E-state index contributed by atoms with van der Waals surface area (Å²) in [7, 11) is 1.70. The van der Waals surface area contributed by atoms with E-state index in [1.165, 1.54) is 4.90 Å². The van der Waals surface area contributed by atoms with Gasteiger partial charge in [0.15, 0.2) is 0 Å². The Morgan fingerprint density at radius 2 is 2.12 bits per heavy atom. The van der Waals surface area contributed by atoms with Crippen molar-refractivity contribution in [1.82, 2.24) is 5.32 Å². The summed E-state index contributed by atoms with van der Waals surface area (Å²) in [6.07, 6.45) is 0. The van der Waals surface area contributed by atoms with Crippen molar-refractivity contribution in [2.75, 3.05) is 11.9 Å². The van der Waals surface area contributed by atoms with Crippen LogP contribution in [0.15, 0.2) is 24.3 Å². The lowest BCUT2D eigenvalue weighted by Gasteiger charge is -2.20. The predicted molar refractivity (Wildman–Crippen MR) is 74.4 cm³/mol. The second-order valence-electron chi connectivity index (χ2n) is 4.08. The number of rotatable bonds is 3. The van der Waals surface area contributed by atoms with E-state index < -0.39 is 0 Å². The molecule has 17 heavy (non-hydrogen) atoms. The number of nitrogens with zero attached hydrogens (tertiary/aromatic N) is 1. The van der Waals surface area contributed by atoms with E-state index >= 15 is 0 Å². The van der Waals surface area contributed by atoms with Crippen LogP contribution in [0.5, 0.6) is 0 Å². The quantitative estimate of drug-likeness (QED) is 0.806. The minimum absolute atomic E-state index is 0.101. The maximum atomic E-state index is 11.8. The molecule has 0 aromatic heterocycles. The van der Waals surface area contributed by atoms with Gasteiger partial charge in [0.25, 0.3) is 0 Å². The molecule has 0 atom stereocenters. The van der Waals surface area contributed by atoms with Crippen molar-refractivity contribution in [2.24, 2.45) is 5.73 Å². The highest BCUT2D eigenvalue weighted by Gasteiger charge is 2.12. The Bertz CT molecular complexity index is 432. The van der Waals surface area contributed by atoms with E-state index in [1.54, 1.807) is 13.1 Å². The number of urea groups is 1. The van der Waals surface area contributed by atoms with Gasteiger partial charge in [0.05, 0.1) is 0 Å². The normalized spacial score (nSPS) is 10.1. The maximum Gasteiger partial charge on any atom is 0.321 e. The lowest BCUT2D eigenvalue weighted by Crippen LogP contribution is -2.40. The molecular formula is C12H17N3OS. The molecule has 0 saturated carbocycles. The van der Waals surface area contributed by atoms with Crippen LogP contribution in [0.1, 0.15) is 19.4 Å². The summed E-state index contributed by atoms with van der Waals surface area (Å²) in [6.45, 7) is 3.83. The second kappa shape index (κ2) is 5.63. The number of anilines is 1. The molecule has 0 aliphatic carbocycles. The molecule has 0 heterocycles. The Morgan fingerprint density at radius 3 is 2.65 bits per heavy atom. The molecule has 2 amide bonds. The number of benzene rings is 1. The van der Waals surface area contributed by atoms with Crippen LogP contribution in [0.25, 0.3) is 0 Å². The summed E-state index contributed by atoms with van der Waals surface area (Å²) in [5.41, 5.74) is 7.06. The number of thiocarbonyl (C=S) groups is 1. The number of amides is 2. The second-order valence-corrected chi connectivity index (χ2v) is 4.52. The molecule has 0 radical (unpaired) electrons. The molecule has 0 aliphatic rings. The minimum Gasteiger partial charge on any atom is -0.389 e. The molecule has 0 spiro atoms. The van der Waals surface area contributed by atoms with Crippen molar-refractivity contribution in [3.8, 4) is 0 Å². The molecular weight excluding hydrogens is 234 g/mol. The van der Waals surface area contributed by atoms with Gasteiger partial charge in [-0.3, -0.25) is 4.90 Å². The van der Waals surface area contributed by atoms with Crippen LogP contribution in [0.4, 0.5) is 10.5 Å². The van der Waals surface area contributed by atoms with Crippen LogP contribution in [0.2, 0.25) is 0 Å². The number of hydrogen-bond acceptors (Lipinski definition) is 2. The summed E-state index contributed by atoms with van der Waals surface area (Å²) in [4.78, 5) is 13.6. The summed E-state index contributed by atoms with van der Waals surface area (Å²) in [5, 5.41) is 2.81. The van der Waals surface area contributed by atoms with Gasteiger partial charge < -0.3 is 11.1 Å². The standard InChI is InChI=1S/C12H17N3OS/c1-8(2)14-12(16)15(3)10-6-4-5-9(7-10)11(13)17/h4-8H,1-3H3,(H2,13,17)(H,14,16). The fraction of sp³-hybridized carbons (Fsp3) is 0.333. The molecule has 0 saturated heterocycles. The van der Waals surface area contributed by atoms with Crippen LogP contribution in [0, 0.1) is 0 Å². The van der Waals surface area contributed by atoms with Gasteiger partial charge in [0.2, 0.25) is 0 Å².